The number of ether oxygens (including phenoxy) is 2. The summed E-state index contributed by atoms with van der Waals surface area (Å²) in [5, 5.41) is 3.38. The molecule has 4 nitrogen and oxygen atoms in total. The van der Waals surface area contributed by atoms with Gasteiger partial charge in [-0.05, 0) is 52.2 Å². The molecule has 18 heavy (non-hydrogen) atoms. The summed E-state index contributed by atoms with van der Waals surface area (Å²) in [4.78, 5) is 2.55. The van der Waals surface area contributed by atoms with E-state index in [1.807, 2.05) is 0 Å². The third-order valence-electron chi connectivity index (χ3n) is 3.43. The molecule has 1 N–H and O–H groups in total. The molecule has 0 aromatic carbocycles. The van der Waals surface area contributed by atoms with Crippen molar-refractivity contribution < 1.29 is 9.47 Å². The van der Waals surface area contributed by atoms with E-state index >= 15 is 0 Å². The molecule has 1 aliphatic rings. The molecule has 0 aliphatic carbocycles. The smallest absolute Gasteiger partial charge is 0.0702 e. The van der Waals surface area contributed by atoms with E-state index in [0.29, 0.717) is 6.10 Å². The summed E-state index contributed by atoms with van der Waals surface area (Å²) in [5.74, 6) is 0. The van der Waals surface area contributed by atoms with Crippen molar-refractivity contribution in [2.75, 3.05) is 53.0 Å². The normalized spacial score (nSPS) is 21.3. The molecule has 1 heterocycles. The van der Waals surface area contributed by atoms with Crippen LogP contribution in [0.4, 0.5) is 0 Å². The topological polar surface area (TPSA) is 33.7 Å². The first kappa shape index (κ1) is 15.9. The van der Waals surface area contributed by atoms with E-state index in [1.165, 1.54) is 38.8 Å². The maximum Gasteiger partial charge on any atom is 0.0702 e. The highest BCUT2D eigenvalue weighted by Gasteiger charge is 2.19. The predicted molar refractivity (Wildman–Crippen MR) is 75.1 cm³/mol. The van der Waals surface area contributed by atoms with Crippen LogP contribution in [0.15, 0.2) is 0 Å². The molecule has 0 aromatic rings. The van der Waals surface area contributed by atoms with Crippen molar-refractivity contribution in [2.45, 2.75) is 38.7 Å². The van der Waals surface area contributed by atoms with E-state index in [1.54, 1.807) is 7.11 Å². The summed E-state index contributed by atoms with van der Waals surface area (Å²) in [6.07, 6.45) is 5.53. The number of piperidine rings is 1. The first-order valence-electron chi connectivity index (χ1n) is 7.40. The molecule has 0 radical (unpaired) electrons. The largest absolute Gasteiger partial charge is 0.383 e. The summed E-state index contributed by atoms with van der Waals surface area (Å²) >= 11 is 0. The van der Waals surface area contributed by atoms with Gasteiger partial charge in [0.25, 0.3) is 0 Å². The fourth-order valence-electron chi connectivity index (χ4n) is 2.47. The lowest BCUT2D eigenvalue weighted by Crippen LogP contribution is -2.40. The van der Waals surface area contributed by atoms with E-state index in [0.717, 1.165) is 32.8 Å². The summed E-state index contributed by atoms with van der Waals surface area (Å²) in [6.45, 7) is 9.41. The molecule has 108 valence electrons. The lowest BCUT2D eigenvalue weighted by molar-refractivity contribution is 0.00563. The summed E-state index contributed by atoms with van der Waals surface area (Å²) in [5.41, 5.74) is 0. The fraction of sp³-hybridized carbons (Fsp3) is 1.00. The van der Waals surface area contributed by atoms with Crippen LogP contribution in [0, 0.1) is 0 Å². The molecule has 1 saturated heterocycles. The van der Waals surface area contributed by atoms with Gasteiger partial charge in [0.05, 0.1) is 12.7 Å². The average Bonchev–Trinajstić information content (AvgIpc) is 2.39. The summed E-state index contributed by atoms with van der Waals surface area (Å²) < 4.78 is 10.7. The fourth-order valence-corrected chi connectivity index (χ4v) is 2.47. The van der Waals surface area contributed by atoms with Crippen molar-refractivity contribution in [1.29, 1.82) is 0 Å². The number of hydrogen-bond donors (Lipinski definition) is 1. The first-order chi connectivity index (χ1) is 8.86. The number of methoxy groups -OCH3 is 1. The van der Waals surface area contributed by atoms with Crippen LogP contribution in [0.1, 0.15) is 32.6 Å². The van der Waals surface area contributed by atoms with Crippen LogP contribution in [0.2, 0.25) is 0 Å². The highest BCUT2D eigenvalue weighted by Crippen LogP contribution is 2.13. The van der Waals surface area contributed by atoms with E-state index in [9.17, 15) is 0 Å². The third kappa shape index (κ3) is 7.31. The zero-order valence-electron chi connectivity index (χ0n) is 12.1. The van der Waals surface area contributed by atoms with Gasteiger partial charge in [0, 0.05) is 26.8 Å². The predicted octanol–water partition coefficient (Wildman–Crippen LogP) is 1.50. The van der Waals surface area contributed by atoms with E-state index < -0.39 is 0 Å². The Morgan fingerprint density at radius 3 is 2.94 bits per heavy atom. The van der Waals surface area contributed by atoms with Gasteiger partial charge in [0.15, 0.2) is 0 Å². The number of nitrogens with zero attached hydrogens (tertiary/aromatic N) is 1. The molecule has 1 unspecified atom stereocenters. The van der Waals surface area contributed by atoms with E-state index in [-0.39, 0.29) is 0 Å². The third-order valence-corrected chi connectivity index (χ3v) is 3.43. The first-order valence-corrected chi connectivity index (χ1v) is 7.40. The van der Waals surface area contributed by atoms with Crippen LogP contribution in [0.5, 0.6) is 0 Å². The quantitative estimate of drug-likeness (QED) is 0.602. The van der Waals surface area contributed by atoms with Gasteiger partial charge in [-0.2, -0.15) is 0 Å². The summed E-state index contributed by atoms with van der Waals surface area (Å²) in [7, 11) is 1.74. The highest BCUT2D eigenvalue weighted by atomic mass is 16.5. The number of likely N-dealkylation sites (tertiary alicyclic amines) is 1. The monoisotopic (exact) mass is 258 g/mol. The second-order valence-corrected chi connectivity index (χ2v) is 4.97. The molecule has 0 bridgehead atoms. The van der Waals surface area contributed by atoms with Gasteiger partial charge < -0.3 is 19.7 Å². The van der Waals surface area contributed by atoms with Crippen LogP contribution >= 0.6 is 0 Å². The van der Waals surface area contributed by atoms with Crippen molar-refractivity contribution in [3.8, 4) is 0 Å². The second-order valence-electron chi connectivity index (χ2n) is 4.97. The van der Waals surface area contributed by atoms with Crippen LogP contribution in [0.25, 0.3) is 0 Å². The van der Waals surface area contributed by atoms with Gasteiger partial charge in [-0.25, -0.2) is 0 Å². The molecule has 0 aromatic heterocycles. The Kier molecular flexibility index (Phi) is 9.48. The molecule has 4 heteroatoms. The lowest BCUT2D eigenvalue weighted by Gasteiger charge is -2.32. The van der Waals surface area contributed by atoms with Gasteiger partial charge in [0.1, 0.15) is 0 Å². The number of rotatable bonds is 10. The molecule has 0 amide bonds. The number of nitrogens with one attached hydrogen (secondary N) is 1. The second kappa shape index (κ2) is 10.7. The average molecular weight is 258 g/mol. The standard InChI is InChI=1S/C14H30N2O2/c1-3-18-14-7-6-11-16(13-14)10-5-4-8-15-9-12-17-2/h14-15H,3-13H2,1-2H3. The highest BCUT2D eigenvalue weighted by molar-refractivity contribution is 4.73. The molecule has 1 rings (SSSR count). The van der Waals surface area contributed by atoms with Crippen LogP contribution in [0.3, 0.4) is 0 Å². The number of unbranched alkanes of at least 4 members (excludes halogenated alkanes) is 1. The number of hydrogen-bond acceptors (Lipinski definition) is 4. The minimum atomic E-state index is 0.476. The van der Waals surface area contributed by atoms with E-state index in [4.69, 9.17) is 9.47 Å². The molecular weight excluding hydrogens is 228 g/mol. The zero-order valence-corrected chi connectivity index (χ0v) is 12.1. The van der Waals surface area contributed by atoms with Crippen molar-refractivity contribution in [3.05, 3.63) is 0 Å². The Morgan fingerprint density at radius 1 is 1.28 bits per heavy atom. The lowest BCUT2D eigenvalue weighted by atomic mass is 10.1. The van der Waals surface area contributed by atoms with Gasteiger partial charge in [-0.3, -0.25) is 0 Å². The Bertz CT molecular complexity index is 189. The maximum absolute atomic E-state index is 5.72. The van der Waals surface area contributed by atoms with Crippen molar-refractivity contribution >= 4 is 0 Å². The van der Waals surface area contributed by atoms with Crippen molar-refractivity contribution in [1.82, 2.24) is 10.2 Å². The molecule has 0 saturated carbocycles. The minimum Gasteiger partial charge on any atom is -0.383 e. The molecule has 1 fully saturated rings. The Balaban J connectivity index is 1.94. The Morgan fingerprint density at radius 2 is 2.17 bits per heavy atom. The maximum atomic E-state index is 5.72. The Hall–Kier alpha value is -0.160. The van der Waals surface area contributed by atoms with Gasteiger partial charge in [-0.15, -0.1) is 0 Å². The van der Waals surface area contributed by atoms with Crippen LogP contribution in [-0.4, -0.2) is 64.1 Å². The molecule has 1 atom stereocenters. The van der Waals surface area contributed by atoms with Crippen LogP contribution < -0.4 is 5.32 Å². The van der Waals surface area contributed by atoms with Gasteiger partial charge in [-0.1, -0.05) is 0 Å². The molecular formula is C14H30N2O2. The Labute approximate surface area is 112 Å². The van der Waals surface area contributed by atoms with Crippen LogP contribution in [-0.2, 0) is 9.47 Å². The molecule has 1 aliphatic heterocycles. The van der Waals surface area contributed by atoms with E-state index in [2.05, 4.69) is 17.1 Å². The SMILES string of the molecule is CCOC1CCCN(CCCCNCCOC)C1. The van der Waals surface area contributed by atoms with Crippen molar-refractivity contribution in [2.24, 2.45) is 0 Å². The van der Waals surface area contributed by atoms with Crippen molar-refractivity contribution in [3.63, 3.8) is 0 Å². The minimum absolute atomic E-state index is 0.476. The van der Waals surface area contributed by atoms with Gasteiger partial charge >= 0.3 is 0 Å². The zero-order chi connectivity index (χ0) is 13.1. The molecule has 0 spiro atoms. The summed E-state index contributed by atoms with van der Waals surface area (Å²) in [6, 6.07) is 0. The van der Waals surface area contributed by atoms with Gasteiger partial charge in [0.2, 0.25) is 0 Å².